The number of hydrogen-bond donors (Lipinski definition) is 1. The van der Waals surface area contributed by atoms with Crippen LogP contribution in [0.15, 0.2) is 12.1 Å². The van der Waals surface area contributed by atoms with Gasteiger partial charge in [-0.2, -0.15) is 5.10 Å². The zero-order valence-corrected chi connectivity index (χ0v) is 11.5. The van der Waals surface area contributed by atoms with Crippen LogP contribution in [0.1, 0.15) is 30.4 Å². The molecule has 4 nitrogen and oxygen atoms in total. The molecule has 0 unspecified atom stereocenters. The predicted octanol–water partition coefficient (Wildman–Crippen LogP) is 2.86. The van der Waals surface area contributed by atoms with E-state index in [1.165, 1.54) is 5.69 Å². The number of nitrogen functional groups attached to an aromatic ring is 1. The van der Waals surface area contributed by atoms with E-state index in [1.54, 1.807) is 0 Å². The Bertz CT molecular complexity index is 569. The molecule has 2 N–H and O–H groups in total. The number of nitrogens with zero attached hydrogens (tertiary/aromatic N) is 3. The van der Waals surface area contributed by atoms with E-state index in [2.05, 4.69) is 28.6 Å². The van der Waals surface area contributed by atoms with Crippen molar-refractivity contribution >= 4 is 5.69 Å². The van der Waals surface area contributed by atoms with Gasteiger partial charge in [-0.3, -0.25) is 9.67 Å². The van der Waals surface area contributed by atoms with Crippen LogP contribution in [0, 0.1) is 20.8 Å². The van der Waals surface area contributed by atoms with Crippen LogP contribution in [0.25, 0.3) is 11.3 Å². The van der Waals surface area contributed by atoms with E-state index in [0.29, 0.717) is 0 Å². The summed E-state index contributed by atoms with van der Waals surface area (Å²) in [6.45, 7) is 9.16. The standard InChI is InChI=1S/C14H20N4/c1-5-8-18-11(4)14(10(3)17-18)13-7-6-12(15)9(2)16-13/h6-7H,5,8,15H2,1-4H3. The minimum atomic E-state index is 0.731. The normalized spacial score (nSPS) is 10.9. The average Bonchev–Trinajstić information content (AvgIpc) is 2.59. The Morgan fingerprint density at radius 1 is 1.17 bits per heavy atom. The Labute approximate surface area is 108 Å². The van der Waals surface area contributed by atoms with Crippen molar-refractivity contribution in [3.8, 4) is 11.3 Å². The second-order valence-corrected chi connectivity index (χ2v) is 4.64. The first kappa shape index (κ1) is 12.6. The highest BCUT2D eigenvalue weighted by Gasteiger charge is 2.14. The SMILES string of the molecule is CCCn1nc(C)c(-c2ccc(N)c(C)n2)c1C. The first-order valence-electron chi connectivity index (χ1n) is 6.32. The number of nitrogens with two attached hydrogens (primary N) is 1. The molecule has 2 aromatic heterocycles. The van der Waals surface area contributed by atoms with Crippen molar-refractivity contribution in [3.05, 3.63) is 29.2 Å². The molecule has 0 aliphatic carbocycles. The largest absolute Gasteiger partial charge is 0.397 e. The lowest BCUT2D eigenvalue weighted by atomic mass is 10.1. The second-order valence-electron chi connectivity index (χ2n) is 4.64. The summed E-state index contributed by atoms with van der Waals surface area (Å²) >= 11 is 0. The van der Waals surface area contributed by atoms with E-state index in [9.17, 15) is 0 Å². The van der Waals surface area contributed by atoms with Crippen LogP contribution < -0.4 is 5.73 Å². The predicted molar refractivity (Wildman–Crippen MR) is 74.4 cm³/mol. The summed E-state index contributed by atoms with van der Waals surface area (Å²) in [7, 11) is 0. The van der Waals surface area contributed by atoms with Crippen LogP contribution in [0.3, 0.4) is 0 Å². The van der Waals surface area contributed by atoms with Crippen molar-refractivity contribution in [2.75, 3.05) is 5.73 Å². The molecule has 0 bridgehead atoms. The summed E-state index contributed by atoms with van der Waals surface area (Å²) in [6.07, 6.45) is 1.08. The highest BCUT2D eigenvalue weighted by atomic mass is 15.3. The third-order valence-electron chi connectivity index (χ3n) is 3.20. The lowest BCUT2D eigenvalue weighted by molar-refractivity contribution is 0.583. The fraction of sp³-hybridized carbons (Fsp3) is 0.429. The smallest absolute Gasteiger partial charge is 0.0743 e. The summed E-state index contributed by atoms with van der Waals surface area (Å²) in [4.78, 5) is 4.56. The summed E-state index contributed by atoms with van der Waals surface area (Å²) in [5, 5.41) is 4.57. The van der Waals surface area contributed by atoms with Crippen molar-refractivity contribution in [1.29, 1.82) is 0 Å². The highest BCUT2D eigenvalue weighted by Crippen LogP contribution is 2.26. The Morgan fingerprint density at radius 2 is 1.89 bits per heavy atom. The van der Waals surface area contributed by atoms with Crippen molar-refractivity contribution in [1.82, 2.24) is 14.8 Å². The molecule has 2 rings (SSSR count). The van der Waals surface area contributed by atoms with E-state index >= 15 is 0 Å². The van der Waals surface area contributed by atoms with Gasteiger partial charge in [-0.05, 0) is 39.3 Å². The summed E-state index contributed by atoms with van der Waals surface area (Å²) < 4.78 is 2.05. The van der Waals surface area contributed by atoms with Crippen LogP contribution in [0.2, 0.25) is 0 Å². The lowest BCUT2D eigenvalue weighted by Crippen LogP contribution is -2.01. The van der Waals surface area contributed by atoms with Gasteiger partial charge in [0.05, 0.1) is 22.8 Å². The van der Waals surface area contributed by atoms with Crippen LogP contribution in [0.4, 0.5) is 5.69 Å². The van der Waals surface area contributed by atoms with Gasteiger partial charge in [0, 0.05) is 17.8 Å². The van der Waals surface area contributed by atoms with Crippen molar-refractivity contribution in [2.45, 2.75) is 40.7 Å². The Kier molecular flexibility index (Phi) is 3.36. The number of aryl methyl sites for hydroxylation is 3. The van der Waals surface area contributed by atoms with Gasteiger partial charge >= 0.3 is 0 Å². The summed E-state index contributed by atoms with van der Waals surface area (Å²) in [5.74, 6) is 0. The molecule has 0 aromatic carbocycles. The number of aromatic nitrogens is 3. The Hall–Kier alpha value is -1.84. The minimum absolute atomic E-state index is 0.731. The van der Waals surface area contributed by atoms with Gasteiger partial charge < -0.3 is 5.73 Å². The number of rotatable bonds is 3. The van der Waals surface area contributed by atoms with Gasteiger partial charge in [-0.1, -0.05) is 6.92 Å². The number of anilines is 1. The molecule has 2 heterocycles. The zero-order valence-electron chi connectivity index (χ0n) is 11.5. The quantitative estimate of drug-likeness (QED) is 0.903. The maximum absolute atomic E-state index is 5.81. The molecule has 0 spiro atoms. The monoisotopic (exact) mass is 244 g/mol. The third kappa shape index (κ3) is 2.10. The number of hydrogen-bond acceptors (Lipinski definition) is 3. The molecule has 0 atom stereocenters. The molecule has 0 aliphatic rings. The van der Waals surface area contributed by atoms with Crippen LogP contribution in [0.5, 0.6) is 0 Å². The van der Waals surface area contributed by atoms with Gasteiger partial charge in [0.25, 0.3) is 0 Å². The maximum Gasteiger partial charge on any atom is 0.0743 e. The second kappa shape index (κ2) is 4.80. The van der Waals surface area contributed by atoms with Gasteiger partial charge in [-0.25, -0.2) is 0 Å². The van der Waals surface area contributed by atoms with Crippen molar-refractivity contribution in [3.63, 3.8) is 0 Å². The molecule has 96 valence electrons. The van der Waals surface area contributed by atoms with Crippen molar-refractivity contribution in [2.24, 2.45) is 0 Å². The van der Waals surface area contributed by atoms with Crippen LogP contribution >= 0.6 is 0 Å². The van der Waals surface area contributed by atoms with Crippen LogP contribution in [-0.4, -0.2) is 14.8 Å². The molecule has 0 amide bonds. The maximum atomic E-state index is 5.81. The third-order valence-corrected chi connectivity index (χ3v) is 3.20. The molecule has 0 fully saturated rings. The minimum Gasteiger partial charge on any atom is -0.397 e. The summed E-state index contributed by atoms with van der Waals surface area (Å²) in [5.41, 5.74) is 11.7. The molecular weight excluding hydrogens is 224 g/mol. The molecule has 0 saturated heterocycles. The molecule has 0 aliphatic heterocycles. The average molecular weight is 244 g/mol. The van der Waals surface area contributed by atoms with Gasteiger partial charge in [0.2, 0.25) is 0 Å². The van der Waals surface area contributed by atoms with Gasteiger partial charge in [0.1, 0.15) is 0 Å². The first-order chi connectivity index (χ1) is 8.54. The van der Waals surface area contributed by atoms with Gasteiger partial charge in [-0.15, -0.1) is 0 Å². The van der Waals surface area contributed by atoms with Gasteiger partial charge in [0.15, 0.2) is 0 Å². The van der Waals surface area contributed by atoms with E-state index in [4.69, 9.17) is 5.73 Å². The van der Waals surface area contributed by atoms with E-state index in [0.717, 1.165) is 41.3 Å². The fourth-order valence-corrected chi connectivity index (χ4v) is 2.21. The fourth-order valence-electron chi connectivity index (χ4n) is 2.21. The van der Waals surface area contributed by atoms with E-state index in [1.807, 2.05) is 26.0 Å². The molecule has 18 heavy (non-hydrogen) atoms. The molecule has 0 saturated carbocycles. The number of pyridine rings is 1. The Morgan fingerprint density at radius 3 is 2.50 bits per heavy atom. The zero-order chi connectivity index (χ0) is 13.3. The molecule has 2 aromatic rings. The highest BCUT2D eigenvalue weighted by molar-refractivity contribution is 5.66. The van der Waals surface area contributed by atoms with E-state index in [-0.39, 0.29) is 0 Å². The molecule has 0 radical (unpaired) electrons. The topological polar surface area (TPSA) is 56.7 Å². The van der Waals surface area contributed by atoms with Crippen LogP contribution in [-0.2, 0) is 6.54 Å². The molecular formula is C14H20N4. The first-order valence-corrected chi connectivity index (χ1v) is 6.32. The van der Waals surface area contributed by atoms with Crippen molar-refractivity contribution < 1.29 is 0 Å². The Balaban J connectivity index is 2.53. The van der Waals surface area contributed by atoms with E-state index < -0.39 is 0 Å². The summed E-state index contributed by atoms with van der Waals surface area (Å²) in [6, 6.07) is 3.88. The lowest BCUT2D eigenvalue weighted by Gasteiger charge is -2.06. The molecule has 4 heteroatoms.